The van der Waals surface area contributed by atoms with E-state index in [4.69, 9.17) is 5.73 Å². The van der Waals surface area contributed by atoms with Crippen LogP contribution in [0.3, 0.4) is 0 Å². The molecule has 0 unspecified atom stereocenters. The molecule has 90 valence electrons. The Kier molecular flexibility index (Phi) is 1.91. The second kappa shape index (κ2) is 3.04. The summed E-state index contributed by atoms with van der Waals surface area (Å²) in [5.41, 5.74) is 5.90. The zero-order valence-electron chi connectivity index (χ0n) is 8.93. The lowest BCUT2D eigenvalue weighted by Crippen LogP contribution is -2.19. The van der Waals surface area contributed by atoms with Crippen molar-refractivity contribution in [3.05, 3.63) is 35.5 Å². The predicted octanol–water partition coefficient (Wildman–Crippen LogP) is 3.13. The molecule has 0 radical (unpaired) electrons. The van der Waals surface area contributed by atoms with Crippen LogP contribution in [0.15, 0.2) is 24.4 Å². The number of hydrogen-bond acceptors (Lipinski definition) is 1. The Labute approximate surface area is 95.6 Å². The molecule has 0 amide bonds. The van der Waals surface area contributed by atoms with Gasteiger partial charge in [-0.05, 0) is 30.5 Å². The third-order valence-corrected chi connectivity index (χ3v) is 3.34. The highest BCUT2D eigenvalue weighted by Gasteiger charge is 2.44. The summed E-state index contributed by atoms with van der Waals surface area (Å²) in [5.74, 6) is 0. The van der Waals surface area contributed by atoms with Gasteiger partial charge in [-0.3, -0.25) is 0 Å². The molecule has 3 N–H and O–H groups in total. The second-order valence-corrected chi connectivity index (χ2v) is 4.58. The van der Waals surface area contributed by atoms with Gasteiger partial charge in [0.15, 0.2) is 0 Å². The fraction of sp³-hybridized carbons (Fsp3) is 0.333. The highest BCUT2D eigenvalue weighted by molar-refractivity contribution is 5.88. The molecule has 5 heteroatoms. The largest absolute Gasteiger partial charge is 0.417 e. The topological polar surface area (TPSA) is 41.8 Å². The molecule has 1 aliphatic carbocycles. The molecular formula is C12H11F3N2. The van der Waals surface area contributed by atoms with E-state index in [2.05, 4.69) is 4.98 Å². The number of halogens is 3. The van der Waals surface area contributed by atoms with Crippen LogP contribution in [0.2, 0.25) is 0 Å². The Morgan fingerprint density at radius 2 is 1.94 bits per heavy atom. The Hall–Kier alpha value is -1.49. The van der Waals surface area contributed by atoms with Crippen LogP contribution in [0.5, 0.6) is 0 Å². The first-order valence-electron chi connectivity index (χ1n) is 5.38. The van der Waals surface area contributed by atoms with E-state index in [9.17, 15) is 13.2 Å². The number of hydrogen-bond donors (Lipinski definition) is 2. The minimum atomic E-state index is -4.35. The second-order valence-electron chi connectivity index (χ2n) is 4.58. The van der Waals surface area contributed by atoms with Crippen molar-refractivity contribution in [1.29, 1.82) is 0 Å². The smallest absolute Gasteiger partial charge is 0.361 e. The first-order valence-corrected chi connectivity index (χ1v) is 5.38. The van der Waals surface area contributed by atoms with Crippen molar-refractivity contribution < 1.29 is 13.2 Å². The van der Waals surface area contributed by atoms with Crippen LogP contribution in [0, 0.1) is 0 Å². The predicted molar refractivity (Wildman–Crippen MR) is 58.4 cm³/mol. The standard InChI is InChI=1S/C12H11F3N2/c13-12(14,15)7-2-1-3-9-10(7)8(6-17-9)11(16)4-5-11/h1-3,6,17H,4-5,16H2. The summed E-state index contributed by atoms with van der Waals surface area (Å²) in [7, 11) is 0. The molecule has 2 aromatic rings. The van der Waals surface area contributed by atoms with Gasteiger partial charge < -0.3 is 10.7 Å². The van der Waals surface area contributed by atoms with E-state index < -0.39 is 17.3 Å². The van der Waals surface area contributed by atoms with E-state index in [0.29, 0.717) is 11.1 Å². The number of aromatic amines is 1. The van der Waals surface area contributed by atoms with Gasteiger partial charge in [-0.25, -0.2) is 0 Å². The third kappa shape index (κ3) is 1.53. The Morgan fingerprint density at radius 1 is 1.24 bits per heavy atom. The fourth-order valence-electron chi connectivity index (χ4n) is 2.22. The summed E-state index contributed by atoms with van der Waals surface area (Å²) in [6, 6.07) is 4.15. The van der Waals surface area contributed by atoms with E-state index in [1.165, 1.54) is 6.07 Å². The Balaban J connectivity index is 2.32. The van der Waals surface area contributed by atoms with Crippen LogP contribution in [0.25, 0.3) is 10.9 Å². The number of H-pyrrole nitrogens is 1. The van der Waals surface area contributed by atoms with Crippen LogP contribution in [-0.2, 0) is 11.7 Å². The molecule has 2 nitrogen and oxygen atoms in total. The minimum absolute atomic E-state index is 0.222. The molecule has 1 saturated carbocycles. The monoisotopic (exact) mass is 240 g/mol. The van der Waals surface area contributed by atoms with Crippen molar-refractivity contribution in [2.24, 2.45) is 5.73 Å². The molecule has 0 atom stereocenters. The van der Waals surface area contributed by atoms with Crippen molar-refractivity contribution in [3.63, 3.8) is 0 Å². The Bertz CT molecular complexity index is 579. The fourth-order valence-corrected chi connectivity index (χ4v) is 2.22. The van der Waals surface area contributed by atoms with Crippen LogP contribution in [0.4, 0.5) is 13.2 Å². The van der Waals surface area contributed by atoms with Gasteiger partial charge >= 0.3 is 6.18 Å². The van der Waals surface area contributed by atoms with Gasteiger partial charge in [-0.2, -0.15) is 13.2 Å². The van der Waals surface area contributed by atoms with Crippen LogP contribution < -0.4 is 5.73 Å². The molecule has 0 spiro atoms. The van der Waals surface area contributed by atoms with Gasteiger partial charge in [-0.1, -0.05) is 6.07 Å². The lowest BCUT2D eigenvalue weighted by atomic mass is 10.00. The minimum Gasteiger partial charge on any atom is -0.361 e. The van der Waals surface area contributed by atoms with Crippen LogP contribution in [-0.4, -0.2) is 4.98 Å². The first-order chi connectivity index (χ1) is 7.92. The summed E-state index contributed by atoms with van der Waals surface area (Å²) in [5, 5.41) is 0.222. The van der Waals surface area contributed by atoms with E-state index in [1.807, 2.05) is 0 Å². The van der Waals surface area contributed by atoms with E-state index in [0.717, 1.165) is 18.9 Å². The average molecular weight is 240 g/mol. The lowest BCUT2D eigenvalue weighted by Gasteiger charge is -2.12. The molecule has 1 aliphatic rings. The van der Waals surface area contributed by atoms with E-state index >= 15 is 0 Å². The molecular weight excluding hydrogens is 229 g/mol. The van der Waals surface area contributed by atoms with Gasteiger partial charge in [0.25, 0.3) is 0 Å². The molecule has 17 heavy (non-hydrogen) atoms. The van der Waals surface area contributed by atoms with Crippen molar-refractivity contribution in [1.82, 2.24) is 4.98 Å². The molecule has 0 saturated heterocycles. The van der Waals surface area contributed by atoms with E-state index in [-0.39, 0.29) is 5.39 Å². The highest BCUT2D eigenvalue weighted by Crippen LogP contribution is 2.48. The summed E-state index contributed by atoms with van der Waals surface area (Å²) in [4.78, 5) is 2.87. The van der Waals surface area contributed by atoms with Crippen molar-refractivity contribution in [2.45, 2.75) is 24.6 Å². The van der Waals surface area contributed by atoms with Crippen LogP contribution in [0.1, 0.15) is 24.0 Å². The van der Waals surface area contributed by atoms with Gasteiger partial charge in [0.1, 0.15) is 0 Å². The maximum absolute atomic E-state index is 12.9. The number of rotatable bonds is 1. The van der Waals surface area contributed by atoms with Crippen molar-refractivity contribution in [3.8, 4) is 0 Å². The van der Waals surface area contributed by atoms with Gasteiger partial charge in [0.05, 0.1) is 5.56 Å². The molecule has 1 aromatic heterocycles. The number of aromatic nitrogens is 1. The zero-order valence-corrected chi connectivity index (χ0v) is 8.93. The van der Waals surface area contributed by atoms with Gasteiger partial charge in [0, 0.05) is 22.6 Å². The maximum atomic E-state index is 12.9. The maximum Gasteiger partial charge on any atom is 0.417 e. The van der Waals surface area contributed by atoms with Crippen molar-refractivity contribution in [2.75, 3.05) is 0 Å². The summed E-state index contributed by atoms with van der Waals surface area (Å²) in [6.07, 6.45) is -1.26. The highest BCUT2D eigenvalue weighted by atomic mass is 19.4. The normalized spacial score (nSPS) is 18.6. The molecule has 3 rings (SSSR count). The summed E-state index contributed by atoms with van der Waals surface area (Å²) in [6.45, 7) is 0. The molecule has 1 aromatic carbocycles. The quantitative estimate of drug-likeness (QED) is 0.790. The molecule has 0 bridgehead atoms. The van der Waals surface area contributed by atoms with Crippen molar-refractivity contribution >= 4 is 10.9 Å². The SMILES string of the molecule is NC1(c2c[nH]c3cccc(C(F)(F)F)c23)CC1. The molecule has 0 aliphatic heterocycles. The molecule has 1 heterocycles. The van der Waals surface area contributed by atoms with Crippen LogP contribution >= 0.6 is 0 Å². The summed E-state index contributed by atoms with van der Waals surface area (Å²) < 4.78 is 38.8. The third-order valence-electron chi connectivity index (χ3n) is 3.34. The molecule has 1 fully saturated rings. The number of benzene rings is 1. The first kappa shape index (κ1) is 10.7. The Morgan fingerprint density at radius 3 is 2.53 bits per heavy atom. The number of alkyl halides is 3. The summed E-state index contributed by atoms with van der Waals surface area (Å²) >= 11 is 0. The average Bonchev–Trinajstić information content (AvgIpc) is 2.84. The van der Waals surface area contributed by atoms with Gasteiger partial charge in [-0.15, -0.1) is 0 Å². The van der Waals surface area contributed by atoms with Gasteiger partial charge in [0.2, 0.25) is 0 Å². The zero-order chi connectivity index (χ0) is 12.3. The number of nitrogens with two attached hydrogens (primary N) is 1. The lowest BCUT2D eigenvalue weighted by molar-refractivity contribution is -0.136. The number of fused-ring (bicyclic) bond motifs is 1. The van der Waals surface area contributed by atoms with E-state index in [1.54, 1.807) is 12.3 Å². The number of nitrogens with one attached hydrogen (secondary N) is 1.